The highest BCUT2D eigenvalue weighted by atomic mass is 16.5. The summed E-state index contributed by atoms with van der Waals surface area (Å²) in [5.74, 6) is 0.678. The predicted molar refractivity (Wildman–Crippen MR) is 80.7 cm³/mol. The fourth-order valence-electron chi connectivity index (χ4n) is 2.49. The van der Waals surface area contributed by atoms with Crippen LogP contribution in [0.15, 0.2) is 24.3 Å². The monoisotopic (exact) mass is 262 g/mol. The second-order valence-corrected chi connectivity index (χ2v) is 5.70. The SMILES string of the molecule is CC(NCC1CCCOC1)c1ccc(N(C)C)cc1. The molecule has 2 atom stereocenters. The van der Waals surface area contributed by atoms with Crippen LogP contribution in [0.4, 0.5) is 5.69 Å². The standard InChI is InChI=1S/C16H26N2O/c1-13(17-11-14-5-4-10-19-12-14)15-6-8-16(9-7-15)18(2)3/h6-9,13-14,17H,4-5,10-12H2,1-3H3. The molecule has 106 valence electrons. The van der Waals surface area contributed by atoms with E-state index in [-0.39, 0.29) is 0 Å². The van der Waals surface area contributed by atoms with E-state index in [0.29, 0.717) is 12.0 Å². The van der Waals surface area contributed by atoms with Gasteiger partial charge in [-0.2, -0.15) is 0 Å². The van der Waals surface area contributed by atoms with E-state index in [9.17, 15) is 0 Å². The Hall–Kier alpha value is -1.06. The molecular formula is C16H26N2O. The lowest BCUT2D eigenvalue weighted by Gasteiger charge is -2.24. The summed E-state index contributed by atoms with van der Waals surface area (Å²) < 4.78 is 5.52. The molecule has 3 heteroatoms. The van der Waals surface area contributed by atoms with Crippen molar-refractivity contribution in [1.29, 1.82) is 0 Å². The summed E-state index contributed by atoms with van der Waals surface area (Å²) in [5.41, 5.74) is 2.60. The molecule has 3 nitrogen and oxygen atoms in total. The maximum atomic E-state index is 5.52. The molecule has 2 rings (SSSR count). The second kappa shape index (κ2) is 6.92. The molecule has 1 aromatic carbocycles. The first-order valence-electron chi connectivity index (χ1n) is 7.25. The smallest absolute Gasteiger partial charge is 0.0506 e. The average molecular weight is 262 g/mol. The van der Waals surface area contributed by atoms with Crippen LogP contribution in [-0.4, -0.2) is 33.9 Å². The number of anilines is 1. The number of benzene rings is 1. The molecule has 1 heterocycles. The second-order valence-electron chi connectivity index (χ2n) is 5.70. The molecule has 0 spiro atoms. The fraction of sp³-hybridized carbons (Fsp3) is 0.625. The van der Waals surface area contributed by atoms with Crippen LogP contribution in [0.2, 0.25) is 0 Å². The third-order valence-corrected chi connectivity index (χ3v) is 3.88. The van der Waals surface area contributed by atoms with Crippen LogP contribution in [-0.2, 0) is 4.74 Å². The zero-order valence-corrected chi connectivity index (χ0v) is 12.4. The van der Waals surface area contributed by atoms with Gasteiger partial charge in [0.15, 0.2) is 0 Å². The van der Waals surface area contributed by atoms with Gasteiger partial charge in [-0.05, 0) is 43.4 Å². The highest BCUT2D eigenvalue weighted by molar-refractivity contribution is 5.46. The van der Waals surface area contributed by atoms with Crippen molar-refractivity contribution >= 4 is 5.69 Å². The lowest BCUT2D eigenvalue weighted by Crippen LogP contribution is -2.30. The number of hydrogen-bond donors (Lipinski definition) is 1. The van der Waals surface area contributed by atoms with Gasteiger partial charge in [0.25, 0.3) is 0 Å². The van der Waals surface area contributed by atoms with Crippen LogP contribution in [0.25, 0.3) is 0 Å². The van der Waals surface area contributed by atoms with Crippen LogP contribution >= 0.6 is 0 Å². The minimum absolute atomic E-state index is 0.401. The van der Waals surface area contributed by atoms with Gasteiger partial charge in [0, 0.05) is 39.0 Å². The van der Waals surface area contributed by atoms with Gasteiger partial charge in [-0.25, -0.2) is 0 Å². The van der Waals surface area contributed by atoms with Crippen molar-refractivity contribution in [3.63, 3.8) is 0 Å². The largest absolute Gasteiger partial charge is 0.381 e. The Morgan fingerprint density at radius 2 is 2.05 bits per heavy atom. The number of hydrogen-bond acceptors (Lipinski definition) is 3. The van der Waals surface area contributed by atoms with Crippen molar-refractivity contribution < 1.29 is 4.74 Å². The Bertz CT molecular complexity index is 369. The minimum Gasteiger partial charge on any atom is -0.381 e. The van der Waals surface area contributed by atoms with Gasteiger partial charge in [-0.1, -0.05) is 12.1 Å². The molecule has 1 fully saturated rings. The van der Waals surface area contributed by atoms with E-state index in [1.54, 1.807) is 0 Å². The lowest BCUT2D eigenvalue weighted by molar-refractivity contribution is 0.0540. The summed E-state index contributed by atoms with van der Waals surface area (Å²) in [4.78, 5) is 2.13. The Kier molecular flexibility index (Phi) is 5.23. The number of nitrogens with one attached hydrogen (secondary N) is 1. The minimum atomic E-state index is 0.401. The molecule has 0 saturated carbocycles. The summed E-state index contributed by atoms with van der Waals surface area (Å²) in [6.07, 6.45) is 2.50. The number of ether oxygens (including phenoxy) is 1. The van der Waals surface area contributed by atoms with E-state index in [4.69, 9.17) is 4.74 Å². The average Bonchev–Trinajstić information content (AvgIpc) is 2.46. The van der Waals surface area contributed by atoms with Crippen molar-refractivity contribution in [2.24, 2.45) is 5.92 Å². The normalized spacial score (nSPS) is 21.1. The van der Waals surface area contributed by atoms with Crippen LogP contribution in [0, 0.1) is 5.92 Å². The maximum absolute atomic E-state index is 5.52. The molecule has 2 unspecified atom stereocenters. The van der Waals surface area contributed by atoms with Crippen molar-refractivity contribution in [1.82, 2.24) is 5.32 Å². The van der Waals surface area contributed by atoms with Gasteiger partial charge in [-0.3, -0.25) is 0 Å². The van der Waals surface area contributed by atoms with Crippen molar-refractivity contribution in [3.8, 4) is 0 Å². The van der Waals surface area contributed by atoms with Gasteiger partial charge in [-0.15, -0.1) is 0 Å². The molecule has 0 radical (unpaired) electrons. The number of rotatable bonds is 5. The van der Waals surface area contributed by atoms with E-state index >= 15 is 0 Å². The molecular weight excluding hydrogens is 236 g/mol. The first-order valence-corrected chi connectivity index (χ1v) is 7.25. The van der Waals surface area contributed by atoms with E-state index in [0.717, 1.165) is 19.8 Å². The molecule has 1 aliphatic heterocycles. The summed E-state index contributed by atoms with van der Waals surface area (Å²) in [7, 11) is 4.14. The van der Waals surface area contributed by atoms with Crippen LogP contribution in [0.5, 0.6) is 0 Å². The summed E-state index contributed by atoms with van der Waals surface area (Å²) in [6, 6.07) is 9.18. The van der Waals surface area contributed by atoms with Crippen molar-refractivity contribution in [2.45, 2.75) is 25.8 Å². The Balaban J connectivity index is 1.83. The quantitative estimate of drug-likeness (QED) is 0.883. The van der Waals surface area contributed by atoms with E-state index in [1.807, 2.05) is 0 Å². The van der Waals surface area contributed by atoms with Crippen LogP contribution < -0.4 is 10.2 Å². The molecule has 1 aliphatic rings. The van der Waals surface area contributed by atoms with E-state index in [1.165, 1.54) is 24.1 Å². The Labute approximate surface area is 116 Å². The van der Waals surface area contributed by atoms with Gasteiger partial charge in [0.2, 0.25) is 0 Å². The zero-order valence-electron chi connectivity index (χ0n) is 12.4. The van der Waals surface area contributed by atoms with Gasteiger partial charge in [0.1, 0.15) is 0 Å². The molecule has 1 saturated heterocycles. The van der Waals surface area contributed by atoms with Crippen molar-refractivity contribution in [2.75, 3.05) is 38.8 Å². The summed E-state index contributed by atoms with van der Waals surface area (Å²) in [6.45, 7) is 5.14. The van der Waals surface area contributed by atoms with E-state index < -0.39 is 0 Å². The molecule has 0 bridgehead atoms. The van der Waals surface area contributed by atoms with Crippen LogP contribution in [0.1, 0.15) is 31.4 Å². The predicted octanol–water partition coefficient (Wildman–Crippen LogP) is 2.83. The fourth-order valence-corrected chi connectivity index (χ4v) is 2.49. The van der Waals surface area contributed by atoms with Gasteiger partial charge >= 0.3 is 0 Å². The number of nitrogens with zero attached hydrogens (tertiary/aromatic N) is 1. The highest BCUT2D eigenvalue weighted by Crippen LogP contribution is 2.19. The third kappa shape index (κ3) is 4.22. The molecule has 1 aromatic rings. The van der Waals surface area contributed by atoms with Crippen molar-refractivity contribution in [3.05, 3.63) is 29.8 Å². The highest BCUT2D eigenvalue weighted by Gasteiger charge is 2.15. The lowest BCUT2D eigenvalue weighted by atomic mass is 10.0. The Morgan fingerprint density at radius 3 is 2.63 bits per heavy atom. The first kappa shape index (κ1) is 14.4. The summed E-state index contributed by atoms with van der Waals surface area (Å²) >= 11 is 0. The summed E-state index contributed by atoms with van der Waals surface area (Å²) in [5, 5.41) is 3.62. The first-order chi connectivity index (χ1) is 9.16. The Morgan fingerprint density at radius 1 is 1.32 bits per heavy atom. The third-order valence-electron chi connectivity index (χ3n) is 3.88. The van der Waals surface area contributed by atoms with Crippen LogP contribution in [0.3, 0.4) is 0 Å². The molecule has 0 aromatic heterocycles. The zero-order chi connectivity index (χ0) is 13.7. The van der Waals surface area contributed by atoms with Gasteiger partial charge in [0.05, 0.1) is 6.61 Å². The molecule has 1 N–H and O–H groups in total. The molecule has 0 amide bonds. The molecule has 19 heavy (non-hydrogen) atoms. The van der Waals surface area contributed by atoms with E-state index in [2.05, 4.69) is 55.5 Å². The molecule has 0 aliphatic carbocycles. The maximum Gasteiger partial charge on any atom is 0.0506 e. The van der Waals surface area contributed by atoms with Gasteiger partial charge < -0.3 is 15.0 Å². The topological polar surface area (TPSA) is 24.5 Å².